The van der Waals surface area contributed by atoms with Crippen molar-refractivity contribution in [3.05, 3.63) is 89.5 Å². The predicted molar refractivity (Wildman–Crippen MR) is 81.8 cm³/mol. The van der Waals surface area contributed by atoms with Crippen LogP contribution in [0, 0.1) is 0 Å². The molecule has 1 N–H and O–H groups in total. The number of aromatic nitrogens is 2. The van der Waals surface area contributed by atoms with Gasteiger partial charge in [-0.15, -0.1) is 0 Å². The predicted octanol–water partition coefficient (Wildman–Crippen LogP) is 4.15. The normalized spacial score (nSPS) is 12.2. The summed E-state index contributed by atoms with van der Waals surface area (Å²) >= 11 is 0. The van der Waals surface area contributed by atoms with Crippen LogP contribution in [0.4, 0.5) is 0 Å². The summed E-state index contributed by atoms with van der Waals surface area (Å²) in [5.74, 6) is 1.32. The largest absolute Gasteiger partial charge is 0.345 e. The number of nitrogens with zero attached hydrogens (tertiary/aromatic N) is 1. The molecule has 0 fully saturated rings. The van der Waals surface area contributed by atoms with Gasteiger partial charge in [0.2, 0.25) is 0 Å². The van der Waals surface area contributed by atoms with E-state index in [1.54, 1.807) is 0 Å². The number of H-pyrrole nitrogens is 1. The SMILES string of the molecule is CC(c1ccccc1)c1ncc(Cc2ccccc2)[nH]1. The van der Waals surface area contributed by atoms with Gasteiger partial charge >= 0.3 is 0 Å². The maximum absolute atomic E-state index is 4.53. The van der Waals surface area contributed by atoms with Gasteiger partial charge in [-0.2, -0.15) is 0 Å². The molecule has 0 bridgehead atoms. The second kappa shape index (κ2) is 5.74. The second-order valence-electron chi connectivity index (χ2n) is 5.09. The van der Waals surface area contributed by atoms with E-state index in [9.17, 15) is 0 Å². The van der Waals surface area contributed by atoms with Crippen LogP contribution < -0.4 is 0 Å². The van der Waals surface area contributed by atoms with E-state index in [0.717, 1.165) is 17.9 Å². The molecule has 1 unspecified atom stereocenters. The van der Waals surface area contributed by atoms with Gasteiger partial charge in [-0.05, 0) is 11.1 Å². The summed E-state index contributed by atoms with van der Waals surface area (Å²) in [4.78, 5) is 7.98. The molecule has 0 amide bonds. The van der Waals surface area contributed by atoms with Crippen LogP contribution in [0.5, 0.6) is 0 Å². The summed E-state index contributed by atoms with van der Waals surface area (Å²) < 4.78 is 0. The first-order valence-corrected chi connectivity index (χ1v) is 6.95. The fraction of sp³-hybridized carbons (Fsp3) is 0.167. The Labute approximate surface area is 119 Å². The lowest BCUT2D eigenvalue weighted by Gasteiger charge is -2.08. The van der Waals surface area contributed by atoms with Crippen molar-refractivity contribution in [1.29, 1.82) is 0 Å². The van der Waals surface area contributed by atoms with E-state index in [0.29, 0.717) is 5.92 Å². The van der Waals surface area contributed by atoms with Gasteiger partial charge in [-0.1, -0.05) is 67.6 Å². The Balaban J connectivity index is 1.77. The van der Waals surface area contributed by atoms with Crippen LogP contribution in [0.2, 0.25) is 0 Å². The van der Waals surface area contributed by atoms with Crippen LogP contribution in [0.15, 0.2) is 66.9 Å². The zero-order valence-electron chi connectivity index (χ0n) is 11.6. The third kappa shape index (κ3) is 2.80. The van der Waals surface area contributed by atoms with Gasteiger partial charge in [-0.25, -0.2) is 4.98 Å². The van der Waals surface area contributed by atoms with Crippen LogP contribution in [-0.4, -0.2) is 9.97 Å². The molecule has 2 heteroatoms. The highest BCUT2D eigenvalue weighted by atomic mass is 14.9. The Morgan fingerprint density at radius 3 is 2.30 bits per heavy atom. The first-order valence-electron chi connectivity index (χ1n) is 6.95. The molecule has 0 aliphatic rings. The maximum atomic E-state index is 4.53. The summed E-state index contributed by atoms with van der Waals surface area (Å²) in [6.45, 7) is 2.18. The minimum Gasteiger partial charge on any atom is -0.345 e. The Kier molecular flexibility index (Phi) is 3.64. The van der Waals surface area contributed by atoms with Crippen LogP contribution in [-0.2, 0) is 6.42 Å². The first-order chi connectivity index (χ1) is 9.83. The summed E-state index contributed by atoms with van der Waals surface area (Å²) in [7, 11) is 0. The minimum atomic E-state index is 0.292. The van der Waals surface area contributed by atoms with E-state index in [-0.39, 0.29) is 0 Å². The highest BCUT2D eigenvalue weighted by molar-refractivity contribution is 5.26. The highest BCUT2D eigenvalue weighted by Gasteiger charge is 2.11. The average molecular weight is 262 g/mol. The van der Waals surface area contributed by atoms with Crippen molar-refractivity contribution >= 4 is 0 Å². The van der Waals surface area contributed by atoms with Gasteiger partial charge in [0.15, 0.2) is 0 Å². The molecule has 0 aliphatic heterocycles. The molecule has 0 radical (unpaired) electrons. The fourth-order valence-electron chi connectivity index (χ4n) is 2.40. The van der Waals surface area contributed by atoms with Crippen LogP contribution in [0.1, 0.15) is 35.5 Å². The Bertz CT molecular complexity index is 656. The van der Waals surface area contributed by atoms with Crippen LogP contribution >= 0.6 is 0 Å². The molecule has 0 spiro atoms. The van der Waals surface area contributed by atoms with Crippen molar-refractivity contribution in [1.82, 2.24) is 9.97 Å². The maximum Gasteiger partial charge on any atom is 0.113 e. The molecule has 2 nitrogen and oxygen atoms in total. The number of imidazole rings is 1. The van der Waals surface area contributed by atoms with Crippen molar-refractivity contribution < 1.29 is 0 Å². The summed E-state index contributed by atoms with van der Waals surface area (Å²) in [5.41, 5.74) is 3.75. The lowest BCUT2D eigenvalue weighted by Crippen LogP contribution is -1.98. The van der Waals surface area contributed by atoms with Crippen molar-refractivity contribution in [2.45, 2.75) is 19.3 Å². The van der Waals surface area contributed by atoms with E-state index in [2.05, 4.69) is 65.4 Å². The van der Waals surface area contributed by atoms with Crippen molar-refractivity contribution in [3.63, 3.8) is 0 Å². The molecule has 3 aromatic rings. The van der Waals surface area contributed by atoms with E-state index < -0.39 is 0 Å². The Morgan fingerprint density at radius 1 is 0.950 bits per heavy atom. The fourth-order valence-corrected chi connectivity index (χ4v) is 2.40. The van der Waals surface area contributed by atoms with Crippen LogP contribution in [0.3, 0.4) is 0 Å². The number of aromatic amines is 1. The quantitative estimate of drug-likeness (QED) is 0.751. The first kappa shape index (κ1) is 12.7. The topological polar surface area (TPSA) is 28.7 Å². The Hall–Kier alpha value is -2.35. The lowest BCUT2D eigenvalue weighted by molar-refractivity contribution is 0.834. The molecule has 20 heavy (non-hydrogen) atoms. The zero-order valence-corrected chi connectivity index (χ0v) is 11.6. The molecule has 0 saturated heterocycles. The molecule has 2 aromatic carbocycles. The number of rotatable bonds is 4. The third-order valence-corrected chi connectivity index (χ3v) is 3.60. The Morgan fingerprint density at radius 2 is 1.60 bits per heavy atom. The number of hydrogen-bond acceptors (Lipinski definition) is 1. The van der Waals surface area contributed by atoms with E-state index in [1.807, 2.05) is 18.3 Å². The van der Waals surface area contributed by atoms with Gasteiger partial charge in [0.1, 0.15) is 5.82 Å². The van der Waals surface area contributed by atoms with Gasteiger partial charge in [0.25, 0.3) is 0 Å². The lowest BCUT2D eigenvalue weighted by atomic mass is 10.0. The minimum absolute atomic E-state index is 0.292. The number of benzene rings is 2. The standard InChI is InChI=1S/C18H18N2/c1-14(16-10-6-3-7-11-16)18-19-13-17(20-18)12-15-8-4-2-5-9-15/h2-11,13-14H,12H2,1H3,(H,19,20). The van der Waals surface area contributed by atoms with Gasteiger partial charge in [0.05, 0.1) is 0 Å². The van der Waals surface area contributed by atoms with E-state index in [4.69, 9.17) is 0 Å². The third-order valence-electron chi connectivity index (χ3n) is 3.60. The van der Waals surface area contributed by atoms with Crippen LogP contribution in [0.25, 0.3) is 0 Å². The summed E-state index contributed by atoms with van der Waals surface area (Å²) in [5, 5.41) is 0. The average Bonchev–Trinajstić information content (AvgIpc) is 2.97. The summed E-state index contributed by atoms with van der Waals surface area (Å²) in [6, 6.07) is 20.9. The monoisotopic (exact) mass is 262 g/mol. The zero-order chi connectivity index (χ0) is 13.8. The molecule has 1 atom stereocenters. The molecule has 100 valence electrons. The smallest absolute Gasteiger partial charge is 0.113 e. The van der Waals surface area contributed by atoms with Gasteiger partial charge in [0, 0.05) is 24.2 Å². The molecule has 1 aromatic heterocycles. The van der Waals surface area contributed by atoms with Gasteiger partial charge in [-0.3, -0.25) is 0 Å². The van der Waals surface area contributed by atoms with Gasteiger partial charge < -0.3 is 4.98 Å². The highest BCUT2D eigenvalue weighted by Crippen LogP contribution is 2.21. The van der Waals surface area contributed by atoms with E-state index in [1.165, 1.54) is 11.1 Å². The second-order valence-corrected chi connectivity index (χ2v) is 5.09. The van der Waals surface area contributed by atoms with E-state index >= 15 is 0 Å². The molecule has 0 aliphatic carbocycles. The van der Waals surface area contributed by atoms with Crippen molar-refractivity contribution in [3.8, 4) is 0 Å². The number of nitrogens with one attached hydrogen (secondary N) is 1. The molecule has 1 heterocycles. The summed E-state index contributed by atoms with van der Waals surface area (Å²) in [6.07, 6.45) is 2.84. The van der Waals surface area contributed by atoms with Crippen molar-refractivity contribution in [2.24, 2.45) is 0 Å². The molecular weight excluding hydrogens is 244 g/mol. The molecule has 3 rings (SSSR count). The molecule has 0 saturated carbocycles. The molecular formula is C18H18N2. The van der Waals surface area contributed by atoms with Crippen molar-refractivity contribution in [2.75, 3.05) is 0 Å². The number of hydrogen-bond donors (Lipinski definition) is 1.